The molecule has 1 aliphatic heterocycles. The summed E-state index contributed by atoms with van der Waals surface area (Å²) in [5, 5.41) is 6.48. The molecule has 1 aromatic rings. The molecule has 0 spiro atoms. The minimum absolute atomic E-state index is 0.280. The maximum absolute atomic E-state index is 12.4. The summed E-state index contributed by atoms with van der Waals surface area (Å²) in [4.78, 5) is 12.4. The second kappa shape index (κ2) is 8.06. The number of hydrogen-bond acceptors (Lipinski definition) is 6. The van der Waals surface area contributed by atoms with Crippen molar-refractivity contribution in [1.82, 2.24) is 10.6 Å². The van der Waals surface area contributed by atoms with Gasteiger partial charge in [0.05, 0.1) is 39.6 Å². The van der Waals surface area contributed by atoms with Gasteiger partial charge in [0.1, 0.15) is 0 Å². The van der Waals surface area contributed by atoms with Crippen LogP contribution in [-0.4, -0.2) is 39.0 Å². The Bertz CT molecular complexity index is 692. The van der Waals surface area contributed by atoms with Crippen molar-refractivity contribution in [2.45, 2.75) is 19.9 Å². The Morgan fingerprint density at radius 1 is 1.16 bits per heavy atom. The van der Waals surface area contributed by atoms with Gasteiger partial charge in [-0.3, -0.25) is 0 Å². The molecule has 0 saturated heterocycles. The highest BCUT2D eigenvalue weighted by Crippen LogP contribution is 2.41. The van der Waals surface area contributed by atoms with Crippen LogP contribution in [0.5, 0.6) is 17.2 Å². The lowest BCUT2D eigenvalue weighted by atomic mass is 9.95. The second-order valence-electron chi connectivity index (χ2n) is 5.25. The molecule has 1 atom stereocenters. The highest BCUT2D eigenvalue weighted by atomic mass is 32.1. The molecule has 0 radical (unpaired) electrons. The van der Waals surface area contributed by atoms with Gasteiger partial charge in [0.25, 0.3) is 0 Å². The summed E-state index contributed by atoms with van der Waals surface area (Å²) in [7, 11) is 4.61. The van der Waals surface area contributed by atoms with Crippen molar-refractivity contribution < 1.29 is 23.7 Å². The SMILES string of the molecule is CCOC(=O)C1=C(C)NC(=S)N[C@@H]1c1cc(OC)c(OC)c(OC)c1. The Hall–Kier alpha value is -2.48. The largest absolute Gasteiger partial charge is 0.493 e. The van der Waals surface area contributed by atoms with E-state index in [0.717, 1.165) is 5.56 Å². The number of allylic oxidation sites excluding steroid dienone is 1. The van der Waals surface area contributed by atoms with Gasteiger partial charge < -0.3 is 29.6 Å². The number of carbonyl (C=O) groups is 1. The van der Waals surface area contributed by atoms with Gasteiger partial charge in [-0.2, -0.15) is 0 Å². The third-order valence-electron chi connectivity index (χ3n) is 3.78. The molecule has 0 amide bonds. The molecule has 0 saturated carbocycles. The summed E-state index contributed by atoms with van der Waals surface area (Å²) in [6.45, 7) is 3.82. The minimum Gasteiger partial charge on any atom is -0.493 e. The highest BCUT2D eigenvalue weighted by Gasteiger charge is 2.32. The van der Waals surface area contributed by atoms with E-state index in [1.54, 1.807) is 26.0 Å². The minimum atomic E-state index is -0.499. The molecular formula is C17H22N2O5S. The van der Waals surface area contributed by atoms with Gasteiger partial charge in [-0.25, -0.2) is 4.79 Å². The standard InChI is InChI=1S/C17H22N2O5S/c1-6-24-16(20)13-9(2)18-17(25)19-14(13)10-7-11(21-3)15(23-5)12(8-10)22-4/h7-8,14H,6H2,1-5H3,(H2,18,19,25)/t14-/m1/s1. The van der Waals surface area contributed by atoms with E-state index in [1.165, 1.54) is 21.3 Å². The molecule has 8 heteroatoms. The normalized spacial score (nSPS) is 16.7. The van der Waals surface area contributed by atoms with Crippen LogP contribution in [0.4, 0.5) is 0 Å². The van der Waals surface area contributed by atoms with Crippen LogP contribution >= 0.6 is 12.2 Å². The maximum atomic E-state index is 12.4. The molecule has 0 aliphatic carbocycles. The van der Waals surface area contributed by atoms with Gasteiger partial charge in [-0.15, -0.1) is 0 Å². The summed E-state index contributed by atoms with van der Waals surface area (Å²) < 4.78 is 21.3. The number of methoxy groups -OCH3 is 3. The lowest BCUT2D eigenvalue weighted by Crippen LogP contribution is -2.45. The fourth-order valence-electron chi connectivity index (χ4n) is 2.69. The maximum Gasteiger partial charge on any atom is 0.338 e. The Morgan fingerprint density at radius 2 is 1.76 bits per heavy atom. The van der Waals surface area contributed by atoms with Crippen LogP contribution in [-0.2, 0) is 9.53 Å². The van der Waals surface area contributed by atoms with Gasteiger partial charge in [0.15, 0.2) is 16.6 Å². The fraction of sp³-hybridized carbons (Fsp3) is 0.412. The zero-order valence-electron chi connectivity index (χ0n) is 14.9. The number of carbonyl (C=O) groups excluding carboxylic acids is 1. The predicted octanol–water partition coefficient (Wildman–Crippen LogP) is 2.07. The number of ether oxygens (including phenoxy) is 4. The summed E-state index contributed by atoms with van der Waals surface area (Å²) in [5.74, 6) is 1.04. The second-order valence-corrected chi connectivity index (χ2v) is 5.66. The molecule has 7 nitrogen and oxygen atoms in total. The number of rotatable bonds is 6. The van der Waals surface area contributed by atoms with Gasteiger partial charge in [0, 0.05) is 5.70 Å². The van der Waals surface area contributed by atoms with Crippen molar-refractivity contribution in [1.29, 1.82) is 0 Å². The van der Waals surface area contributed by atoms with E-state index >= 15 is 0 Å². The first-order valence-electron chi connectivity index (χ1n) is 7.72. The van der Waals surface area contributed by atoms with E-state index in [0.29, 0.717) is 33.6 Å². The van der Waals surface area contributed by atoms with E-state index < -0.39 is 12.0 Å². The number of esters is 1. The summed E-state index contributed by atoms with van der Waals surface area (Å²) >= 11 is 5.24. The first-order valence-corrected chi connectivity index (χ1v) is 8.12. The first kappa shape index (κ1) is 18.9. The van der Waals surface area contributed by atoms with E-state index in [1.807, 2.05) is 0 Å². The van der Waals surface area contributed by atoms with E-state index in [-0.39, 0.29) is 6.61 Å². The smallest absolute Gasteiger partial charge is 0.338 e. The van der Waals surface area contributed by atoms with Gasteiger partial charge >= 0.3 is 5.97 Å². The molecular weight excluding hydrogens is 344 g/mol. The summed E-state index contributed by atoms with van der Waals surface area (Å²) in [6, 6.07) is 3.06. The van der Waals surface area contributed by atoms with Crippen molar-refractivity contribution in [2.75, 3.05) is 27.9 Å². The average molecular weight is 366 g/mol. The quantitative estimate of drug-likeness (QED) is 0.585. The van der Waals surface area contributed by atoms with Crippen LogP contribution in [0.1, 0.15) is 25.5 Å². The Kier molecular flexibility index (Phi) is 6.08. The fourth-order valence-corrected chi connectivity index (χ4v) is 2.96. The van der Waals surface area contributed by atoms with E-state index in [4.69, 9.17) is 31.2 Å². The third-order valence-corrected chi connectivity index (χ3v) is 4.00. The molecule has 1 heterocycles. The molecule has 0 unspecified atom stereocenters. The Morgan fingerprint density at radius 3 is 2.24 bits per heavy atom. The molecule has 1 aliphatic rings. The van der Waals surface area contributed by atoms with Crippen molar-refractivity contribution in [3.63, 3.8) is 0 Å². The Balaban J connectivity index is 2.59. The molecule has 2 N–H and O–H groups in total. The molecule has 0 aromatic heterocycles. The zero-order valence-corrected chi connectivity index (χ0v) is 15.7. The summed E-state index contributed by atoms with van der Waals surface area (Å²) in [5.41, 5.74) is 1.83. The third kappa shape index (κ3) is 3.79. The topological polar surface area (TPSA) is 78.1 Å². The predicted molar refractivity (Wildman–Crippen MR) is 97.0 cm³/mol. The molecule has 2 rings (SSSR count). The van der Waals surface area contributed by atoms with Crippen LogP contribution in [0.15, 0.2) is 23.4 Å². The highest BCUT2D eigenvalue weighted by molar-refractivity contribution is 7.80. The van der Waals surface area contributed by atoms with Gasteiger partial charge in [-0.1, -0.05) is 0 Å². The van der Waals surface area contributed by atoms with E-state index in [9.17, 15) is 4.79 Å². The molecule has 0 bridgehead atoms. The van der Waals surface area contributed by atoms with Crippen LogP contribution in [0, 0.1) is 0 Å². The number of hydrogen-bond donors (Lipinski definition) is 2. The lowest BCUT2D eigenvalue weighted by Gasteiger charge is -2.30. The van der Waals surface area contributed by atoms with Crippen LogP contribution < -0.4 is 24.8 Å². The van der Waals surface area contributed by atoms with Crippen molar-refractivity contribution >= 4 is 23.3 Å². The van der Waals surface area contributed by atoms with Gasteiger partial charge in [0.2, 0.25) is 5.75 Å². The van der Waals surface area contributed by atoms with Crippen LogP contribution in [0.3, 0.4) is 0 Å². The monoisotopic (exact) mass is 366 g/mol. The number of nitrogens with one attached hydrogen (secondary N) is 2. The Labute approximate surface area is 152 Å². The average Bonchev–Trinajstić information content (AvgIpc) is 2.59. The lowest BCUT2D eigenvalue weighted by molar-refractivity contribution is -0.139. The van der Waals surface area contributed by atoms with Crippen molar-refractivity contribution in [2.24, 2.45) is 0 Å². The number of benzene rings is 1. The molecule has 0 fully saturated rings. The van der Waals surface area contributed by atoms with E-state index in [2.05, 4.69) is 10.6 Å². The molecule has 136 valence electrons. The summed E-state index contributed by atoms with van der Waals surface area (Å²) in [6.07, 6.45) is 0. The zero-order chi connectivity index (χ0) is 18.6. The van der Waals surface area contributed by atoms with Crippen LogP contribution in [0.25, 0.3) is 0 Å². The first-order chi connectivity index (χ1) is 12.0. The van der Waals surface area contributed by atoms with Crippen LogP contribution in [0.2, 0.25) is 0 Å². The van der Waals surface area contributed by atoms with Gasteiger partial charge in [-0.05, 0) is 43.8 Å². The number of thiocarbonyl (C=S) groups is 1. The molecule has 25 heavy (non-hydrogen) atoms. The van der Waals surface area contributed by atoms with Crippen molar-refractivity contribution in [3.8, 4) is 17.2 Å². The molecule has 1 aromatic carbocycles. The van der Waals surface area contributed by atoms with Crippen molar-refractivity contribution in [3.05, 3.63) is 29.0 Å².